The molecule has 4 nitrogen and oxygen atoms in total. The number of carbonyl (C=O) groups is 1. The molecule has 0 bridgehead atoms. The molecule has 2 aromatic carbocycles. The first-order valence-electron chi connectivity index (χ1n) is 7.01. The van der Waals surface area contributed by atoms with Crippen LogP contribution in [0.3, 0.4) is 0 Å². The van der Waals surface area contributed by atoms with Gasteiger partial charge in [0.25, 0.3) is 5.91 Å². The van der Waals surface area contributed by atoms with Crippen LogP contribution in [-0.2, 0) is 4.79 Å². The van der Waals surface area contributed by atoms with Crippen molar-refractivity contribution in [3.8, 4) is 6.07 Å². The normalized spacial score (nSPS) is 10.8. The van der Waals surface area contributed by atoms with Crippen molar-refractivity contribution >= 4 is 28.9 Å². The molecular weight excluding hydrogens is 310 g/mol. The first-order valence-corrected chi connectivity index (χ1v) is 7.39. The van der Waals surface area contributed by atoms with Crippen molar-refractivity contribution in [2.24, 2.45) is 0 Å². The van der Waals surface area contributed by atoms with Crippen molar-refractivity contribution < 1.29 is 4.79 Å². The predicted molar refractivity (Wildman–Crippen MR) is 93.3 cm³/mol. The lowest BCUT2D eigenvalue weighted by molar-refractivity contribution is -0.112. The van der Waals surface area contributed by atoms with Gasteiger partial charge in [-0.05, 0) is 49.2 Å². The Labute approximate surface area is 140 Å². The van der Waals surface area contributed by atoms with E-state index in [0.29, 0.717) is 16.4 Å². The minimum absolute atomic E-state index is 0.0223. The number of amides is 1. The molecule has 2 N–H and O–H groups in total. The second-order valence-corrected chi connectivity index (χ2v) is 5.46. The molecule has 0 aromatic heterocycles. The lowest BCUT2D eigenvalue weighted by Crippen LogP contribution is -2.15. The number of carbonyl (C=O) groups excluding carboxylic acids is 1. The largest absolute Gasteiger partial charge is 0.360 e. The van der Waals surface area contributed by atoms with Crippen LogP contribution < -0.4 is 10.6 Å². The Balaban J connectivity index is 2.14. The highest BCUT2D eigenvalue weighted by atomic mass is 35.5. The summed E-state index contributed by atoms with van der Waals surface area (Å²) < 4.78 is 0. The lowest BCUT2D eigenvalue weighted by Gasteiger charge is -2.10. The van der Waals surface area contributed by atoms with E-state index in [1.165, 1.54) is 6.20 Å². The molecule has 0 fully saturated rings. The monoisotopic (exact) mass is 325 g/mol. The molecule has 2 rings (SSSR count). The van der Waals surface area contributed by atoms with Crippen molar-refractivity contribution in [2.45, 2.75) is 13.8 Å². The number of hydrogen-bond donors (Lipinski definition) is 2. The molecule has 0 aliphatic rings. The summed E-state index contributed by atoms with van der Waals surface area (Å²) in [5.74, 6) is -0.462. The summed E-state index contributed by atoms with van der Waals surface area (Å²) in [7, 11) is 0. The van der Waals surface area contributed by atoms with Gasteiger partial charge in [0.05, 0.1) is 0 Å². The molecule has 116 valence electrons. The van der Waals surface area contributed by atoms with Gasteiger partial charge in [-0.15, -0.1) is 0 Å². The van der Waals surface area contributed by atoms with Crippen LogP contribution in [0.25, 0.3) is 0 Å². The SMILES string of the molecule is Cc1cccc(NC(=O)/C(C#N)=C\Nc2cccc(Cl)c2)c1C. The fourth-order valence-electron chi connectivity index (χ4n) is 1.96. The number of aryl methyl sites for hydroxylation is 1. The van der Waals surface area contributed by atoms with Gasteiger partial charge in [0, 0.05) is 22.6 Å². The molecule has 0 aliphatic heterocycles. The van der Waals surface area contributed by atoms with Crippen LogP contribution in [0.15, 0.2) is 54.2 Å². The molecule has 1 amide bonds. The van der Waals surface area contributed by atoms with Crippen molar-refractivity contribution in [1.29, 1.82) is 5.26 Å². The first-order chi connectivity index (χ1) is 11.0. The van der Waals surface area contributed by atoms with Gasteiger partial charge in [-0.1, -0.05) is 29.8 Å². The number of nitrogens with zero attached hydrogens (tertiary/aromatic N) is 1. The average Bonchev–Trinajstić information content (AvgIpc) is 2.52. The fraction of sp³-hybridized carbons (Fsp3) is 0.111. The van der Waals surface area contributed by atoms with Gasteiger partial charge < -0.3 is 10.6 Å². The van der Waals surface area contributed by atoms with Crippen LogP contribution in [-0.4, -0.2) is 5.91 Å². The zero-order valence-corrected chi connectivity index (χ0v) is 13.6. The average molecular weight is 326 g/mol. The molecule has 0 heterocycles. The summed E-state index contributed by atoms with van der Waals surface area (Å²) in [5.41, 5.74) is 3.41. The third kappa shape index (κ3) is 4.35. The summed E-state index contributed by atoms with van der Waals surface area (Å²) in [6.07, 6.45) is 1.37. The van der Waals surface area contributed by atoms with Crippen LogP contribution in [0.2, 0.25) is 5.02 Å². The number of rotatable bonds is 4. The molecule has 5 heteroatoms. The molecule has 0 spiro atoms. The van der Waals surface area contributed by atoms with Crippen molar-refractivity contribution in [3.63, 3.8) is 0 Å². The highest BCUT2D eigenvalue weighted by Gasteiger charge is 2.11. The van der Waals surface area contributed by atoms with Gasteiger partial charge in [-0.2, -0.15) is 5.26 Å². The predicted octanol–water partition coefficient (Wildman–Crippen LogP) is 4.41. The van der Waals surface area contributed by atoms with Crippen LogP contribution in [0.5, 0.6) is 0 Å². The van der Waals surface area contributed by atoms with Crippen LogP contribution >= 0.6 is 11.6 Å². The number of halogens is 1. The smallest absolute Gasteiger partial charge is 0.267 e. The third-order valence-corrected chi connectivity index (χ3v) is 3.66. The second kappa shape index (κ2) is 7.48. The summed E-state index contributed by atoms with van der Waals surface area (Å²) in [6.45, 7) is 3.89. The van der Waals surface area contributed by atoms with Crippen LogP contribution in [0, 0.1) is 25.2 Å². The Kier molecular flexibility index (Phi) is 5.40. The Hall–Kier alpha value is -2.77. The summed E-state index contributed by atoms with van der Waals surface area (Å²) in [4.78, 5) is 12.2. The van der Waals surface area contributed by atoms with E-state index in [-0.39, 0.29) is 5.57 Å². The highest BCUT2D eigenvalue weighted by Crippen LogP contribution is 2.19. The van der Waals surface area contributed by atoms with Gasteiger partial charge in [0.1, 0.15) is 11.6 Å². The summed E-state index contributed by atoms with van der Waals surface area (Å²) in [6, 6.07) is 14.5. The minimum atomic E-state index is -0.462. The van der Waals surface area contributed by atoms with Gasteiger partial charge in [0.2, 0.25) is 0 Å². The standard InChI is InChI=1S/C18H16ClN3O/c1-12-5-3-8-17(13(12)2)22-18(23)14(10-20)11-21-16-7-4-6-15(19)9-16/h3-9,11,21H,1-2H3,(H,22,23)/b14-11-. The van der Waals surface area contributed by atoms with E-state index in [1.54, 1.807) is 30.3 Å². The van der Waals surface area contributed by atoms with Crippen molar-refractivity contribution in [3.05, 3.63) is 70.4 Å². The first kappa shape index (κ1) is 16.6. The topological polar surface area (TPSA) is 64.9 Å². The molecule has 23 heavy (non-hydrogen) atoms. The number of anilines is 2. The number of nitriles is 1. The summed E-state index contributed by atoms with van der Waals surface area (Å²) >= 11 is 5.89. The Morgan fingerprint density at radius 1 is 1.22 bits per heavy atom. The van der Waals surface area contributed by atoms with Gasteiger partial charge >= 0.3 is 0 Å². The molecule has 0 radical (unpaired) electrons. The van der Waals surface area contributed by atoms with Gasteiger partial charge in [-0.25, -0.2) is 0 Å². The fourth-order valence-corrected chi connectivity index (χ4v) is 2.15. The molecular formula is C18H16ClN3O. The molecule has 0 saturated carbocycles. The zero-order valence-electron chi connectivity index (χ0n) is 12.9. The minimum Gasteiger partial charge on any atom is -0.360 e. The molecule has 0 saturated heterocycles. The molecule has 2 aromatic rings. The summed E-state index contributed by atoms with van der Waals surface area (Å²) in [5, 5.41) is 15.4. The van der Waals surface area contributed by atoms with E-state index >= 15 is 0 Å². The Morgan fingerprint density at radius 3 is 2.65 bits per heavy atom. The zero-order chi connectivity index (χ0) is 16.8. The van der Waals surface area contributed by atoms with E-state index in [4.69, 9.17) is 11.6 Å². The highest BCUT2D eigenvalue weighted by molar-refractivity contribution is 6.30. The van der Waals surface area contributed by atoms with Crippen LogP contribution in [0.1, 0.15) is 11.1 Å². The van der Waals surface area contributed by atoms with E-state index in [1.807, 2.05) is 32.0 Å². The molecule has 0 aliphatic carbocycles. The van der Waals surface area contributed by atoms with E-state index in [9.17, 15) is 10.1 Å². The maximum absolute atomic E-state index is 12.2. The van der Waals surface area contributed by atoms with E-state index < -0.39 is 5.91 Å². The van der Waals surface area contributed by atoms with Gasteiger partial charge in [0.15, 0.2) is 0 Å². The number of hydrogen-bond acceptors (Lipinski definition) is 3. The van der Waals surface area contributed by atoms with Crippen molar-refractivity contribution in [1.82, 2.24) is 0 Å². The maximum Gasteiger partial charge on any atom is 0.267 e. The van der Waals surface area contributed by atoms with Crippen molar-refractivity contribution in [2.75, 3.05) is 10.6 Å². The Morgan fingerprint density at radius 2 is 1.96 bits per heavy atom. The maximum atomic E-state index is 12.2. The van der Waals surface area contributed by atoms with E-state index in [2.05, 4.69) is 10.6 Å². The Bertz CT molecular complexity index is 806. The van der Waals surface area contributed by atoms with Crippen LogP contribution in [0.4, 0.5) is 11.4 Å². The van der Waals surface area contributed by atoms with E-state index in [0.717, 1.165) is 11.1 Å². The lowest BCUT2D eigenvalue weighted by atomic mass is 10.1. The molecule has 0 unspecified atom stereocenters. The molecule has 0 atom stereocenters. The second-order valence-electron chi connectivity index (χ2n) is 5.03. The quantitative estimate of drug-likeness (QED) is 0.646. The number of nitrogens with one attached hydrogen (secondary N) is 2. The third-order valence-electron chi connectivity index (χ3n) is 3.43. The van der Waals surface area contributed by atoms with Gasteiger partial charge in [-0.3, -0.25) is 4.79 Å². The number of benzene rings is 2.